The molecule has 0 saturated carbocycles. The number of nitrogens with zero attached hydrogens (tertiary/aromatic N) is 1. The van der Waals surface area contributed by atoms with Gasteiger partial charge in [0.25, 0.3) is 5.91 Å². The number of rotatable bonds is 5. The summed E-state index contributed by atoms with van der Waals surface area (Å²) < 4.78 is 5.15. The van der Waals surface area contributed by atoms with Crippen molar-refractivity contribution in [2.75, 3.05) is 23.4 Å². The first-order valence-corrected chi connectivity index (χ1v) is 8.62. The van der Waals surface area contributed by atoms with Gasteiger partial charge in [-0.15, -0.1) is 0 Å². The number of aryl methyl sites for hydroxylation is 2. The van der Waals surface area contributed by atoms with Crippen molar-refractivity contribution < 1.29 is 14.3 Å². The summed E-state index contributed by atoms with van der Waals surface area (Å²) in [6, 6.07) is 15.3. The third-order valence-electron chi connectivity index (χ3n) is 4.27. The molecule has 0 aliphatic carbocycles. The third kappa shape index (κ3) is 3.61. The van der Waals surface area contributed by atoms with Gasteiger partial charge in [0.2, 0.25) is 0 Å². The lowest BCUT2D eigenvalue weighted by atomic mass is 10.2. The summed E-state index contributed by atoms with van der Waals surface area (Å²) in [7, 11) is 0. The van der Waals surface area contributed by atoms with Crippen LogP contribution in [-0.2, 0) is 14.3 Å². The van der Waals surface area contributed by atoms with Crippen LogP contribution in [0.15, 0.2) is 59.8 Å². The molecule has 0 atom stereocenters. The number of nitrogens with one attached hydrogen (secondary N) is 1. The summed E-state index contributed by atoms with van der Waals surface area (Å²) in [6.07, 6.45) is 0. The van der Waals surface area contributed by atoms with Gasteiger partial charge in [0, 0.05) is 11.4 Å². The highest BCUT2D eigenvalue weighted by atomic mass is 16.5. The average Bonchev–Trinajstić information content (AvgIpc) is 2.95. The molecule has 1 N–H and O–H groups in total. The van der Waals surface area contributed by atoms with Crippen molar-refractivity contribution in [3.63, 3.8) is 0 Å². The van der Waals surface area contributed by atoms with E-state index in [1.807, 2.05) is 62.4 Å². The topological polar surface area (TPSA) is 58.6 Å². The van der Waals surface area contributed by atoms with Crippen molar-refractivity contribution in [2.24, 2.45) is 0 Å². The zero-order chi connectivity index (χ0) is 18.7. The Labute approximate surface area is 153 Å². The van der Waals surface area contributed by atoms with Gasteiger partial charge in [0.15, 0.2) is 0 Å². The Balaban J connectivity index is 1.93. The molecule has 26 heavy (non-hydrogen) atoms. The predicted octanol–water partition coefficient (Wildman–Crippen LogP) is 3.58. The maximum Gasteiger partial charge on any atom is 0.338 e. The molecule has 2 aromatic rings. The molecule has 0 spiro atoms. The highest BCUT2D eigenvalue weighted by Gasteiger charge is 2.35. The van der Waals surface area contributed by atoms with Crippen LogP contribution in [0.2, 0.25) is 0 Å². The first kappa shape index (κ1) is 17.7. The highest BCUT2D eigenvalue weighted by Crippen LogP contribution is 2.28. The van der Waals surface area contributed by atoms with E-state index in [0.717, 1.165) is 22.5 Å². The van der Waals surface area contributed by atoms with E-state index in [0.29, 0.717) is 5.57 Å². The summed E-state index contributed by atoms with van der Waals surface area (Å²) in [4.78, 5) is 26.9. The monoisotopic (exact) mass is 350 g/mol. The molecule has 5 nitrogen and oxygen atoms in total. The molecule has 3 rings (SSSR count). The van der Waals surface area contributed by atoms with Gasteiger partial charge in [-0.2, -0.15) is 0 Å². The number of esters is 1. The van der Waals surface area contributed by atoms with E-state index in [-0.39, 0.29) is 24.8 Å². The normalized spacial score (nSPS) is 14.0. The Kier molecular flexibility index (Phi) is 5.07. The first-order valence-electron chi connectivity index (χ1n) is 8.62. The van der Waals surface area contributed by atoms with Crippen molar-refractivity contribution in [3.05, 3.63) is 70.9 Å². The predicted molar refractivity (Wildman–Crippen MR) is 102 cm³/mol. The molecule has 0 bridgehead atoms. The standard InChI is InChI=1S/C21H22N2O3/c1-4-26-21(25)18-13-23(17-11-7-15(3)8-12-17)20(24)19(18)22-16-9-5-14(2)6-10-16/h5-12,22H,4,13H2,1-3H3. The van der Waals surface area contributed by atoms with Crippen molar-refractivity contribution in [1.29, 1.82) is 0 Å². The number of amides is 1. The van der Waals surface area contributed by atoms with Gasteiger partial charge in [-0.3, -0.25) is 4.79 Å². The zero-order valence-corrected chi connectivity index (χ0v) is 15.2. The summed E-state index contributed by atoms with van der Waals surface area (Å²) >= 11 is 0. The van der Waals surface area contributed by atoms with Gasteiger partial charge < -0.3 is 15.0 Å². The van der Waals surface area contributed by atoms with E-state index in [1.165, 1.54) is 0 Å². The van der Waals surface area contributed by atoms with E-state index in [2.05, 4.69) is 5.32 Å². The number of carbonyl (C=O) groups excluding carboxylic acids is 2. The number of carbonyl (C=O) groups is 2. The molecular formula is C21H22N2O3. The SMILES string of the molecule is CCOC(=O)C1=C(Nc2ccc(C)cc2)C(=O)N(c2ccc(C)cc2)C1. The minimum atomic E-state index is -0.468. The maximum atomic E-state index is 13.0. The molecule has 1 amide bonds. The van der Waals surface area contributed by atoms with Gasteiger partial charge in [-0.1, -0.05) is 35.4 Å². The number of ether oxygens (including phenoxy) is 1. The fourth-order valence-corrected chi connectivity index (χ4v) is 2.80. The van der Waals surface area contributed by atoms with Crippen LogP contribution in [-0.4, -0.2) is 25.0 Å². The van der Waals surface area contributed by atoms with E-state index in [1.54, 1.807) is 11.8 Å². The largest absolute Gasteiger partial charge is 0.463 e. The summed E-state index contributed by atoms with van der Waals surface area (Å²) in [5.74, 6) is -0.706. The van der Waals surface area contributed by atoms with Gasteiger partial charge in [-0.25, -0.2) is 4.79 Å². The van der Waals surface area contributed by atoms with Crippen LogP contribution in [0.4, 0.5) is 11.4 Å². The molecule has 1 aliphatic rings. The second kappa shape index (κ2) is 7.44. The minimum absolute atomic E-state index is 0.189. The van der Waals surface area contributed by atoms with Crippen molar-refractivity contribution >= 4 is 23.3 Å². The Morgan fingerprint density at radius 3 is 2.19 bits per heavy atom. The number of anilines is 2. The van der Waals surface area contributed by atoms with E-state index in [9.17, 15) is 9.59 Å². The lowest BCUT2D eigenvalue weighted by Crippen LogP contribution is -2.28. The molecule has 1 aliphatic heterocycles. The molecule has 0 radical (unpaired) electrons. The molecule has 5 heteroatoms. The number of benzene rings is 2. The molecule has 0 fully saturated rings. The van der Waals surface area contributed by atoms with E-state index < -0.39 is 5.97 Å². The minimum Gasteiger partial charge on any atom is -0.463 e. The van der Waals surface area contributed by atoms with Crippen LogP contribution < -0.4 is 10.2 Å². The fraction of sp³-hybridized carbons (Fsp3) is 0.238. The highest BCUT2D eigenvalue weighted by molar-refractivity contribution is 6.16. The van der Waals surface area contributed by atoms with Gasteiger partial charge >= 0.3 is 5.97 Å². The van der Waals surface area contributed by atoms with Crippen LogP contribution in [0, 0.1) is 13.8 Å². The zero-order valence-electron chi connectivity index (χ0n) is 15.2. The van der Waals surface area contributed by atoms with Crippen LogP contribution in [0.1, 0.15) is 18.1 Å². The number of hydrogen-bond acceptors (Lipinski definition) is 4. The molecule has 0 aromatic heterocycles. The Bertz CT molecular complexity index is 852. The first-order chi connectivity index (χ1) is 12.5. The molecule has 2 aromatic carbocycles. The van der Waals surface area contributed by atoms with E-state index >= 15 is 0 Å². The molecule has 0 saturated heterocycles. The van der Waals surface area contributed by atoms with Crippen molar-refractivity contribution in [2.45, 2.75) is 20.8 Å². The van der Waals surface area contributed by atoms with Gasteiger partial charge in [-0.05, 0) is 45.0 Å². The Morgan fingerprint density at radius 2 is 1.62 bits per heavy atom. The second-order valence-electron chi connectivity index (χ2n) is 6.29. The number of hydrogen-bond donors (Lipinski definition) is 1. The van der Waals surface area contributed by atoms with Gasteiger partial charge in [0.1, 0.15) is 5.70 Å². The fourth-order valence-electron chi connectivity index (χ4n) is 2.80. The van der Waals surface area contributed by atoms with Crippen molar-refractivity contribution in [3.8, 4) is 0 Å². The smallest absolute Gasteiger partial charge is 0.338 e. The van der Waals surface area contributed by atoms with E-state index in [4.69, 9.17) is 4.74 Å². The molecule has 1 heterocycles. The lowest BCUT2D eigenvalue weighted by Gasteiger charge is -2.17. The van der Waals surface area contributed by atoms with Crippen LogP contribution in [0.25, 0.3) is 0 Å². The van der Waals surface area contributed by atoms with Gasteiger partial charge in [0.05, 0.1) is 18.7 Å². The lowest BCUT2D eigenvalue weighted by molar-refractivity contribution is -0.138. The van der Waals surface area contributed by atoms with Crippen LogP contribution in [0.3, 0.4) is 0 Å². The molecule has 0 unspecified atom stereocenters. The summed E-state index contributed by atoms with van der Waals surface area (Å²) in [5.41, 5.74) is 4.35. The molecule has 134 valence electrons. The Hall–Kier alpha value is -3.08. The Morgan fingerprint density at radius 1 is 1.04 bits per heavy atom. The summed E-state index contributed by atoms with van der Waals surface area (Å²) in [5, 5.41) is 3.11. The maximum absolute atomic E-state index is 13.0. The quantitative estimate of drug-likeness (QED) is 0.838. The molecular weight excluding hydrogens is 328 g/mol. The second-order valence-corrected chi connectivity index (χ2v) is 6.29. The van der Waals surface area contributed by atoms with Crippen molar-refractivity contribution in [1.82, 2.24) is 0 Å². The third-order valence-corrected chi connectivity index (χ3v) is 4.27. The van der Waals surface area contributed by atoms with Crippen LogP contribution in [0.5, 0.6) is 0 Å². The summed E-state index contributed by atoms with van der Waals surface area (Å²) in [6.45, 7) is 6.18. The van der Waals surface area contributed by atoms with Crippen LogP contribution >= 0.6 is 0 Å². The average molecular weight is 350 g/mol.